The molecule has 126 valence electrons. The van der Waals surface area contributed by atoms with E-state index in [-0.39, 0.29) is 17.7 Å². The Morgan fingerprint density at radius 3 is 2.70 bits per heavy atom. The number of carbonyl (C=O) groups excluding carboxylic acids is 2. The van der Waals surface area contributed by atoms with Crippen molar-refractivity contribution in [2.75, 3.05) is 19.6 Å². The average molecular weight is 334 g/mol. The number of thiophene rings is 1. The molecule has 1 saturated heterocycles. The predicted molar refractivity (Wildman–Crippen MR) is 92.6 cm³/mol. The van der Waals surface area contributed by atoms with Crippen LogP contribution >= 0.6 is 11.3 Å². The van der Waals surface area contributed by atoms with E-state index in [1.807, 2.05) is 22.4 Å². The van der Waals surface area contributed by atoms with Gasteiger partial charge in [0.05, 0.1) is 10.8 Å². The summed E-state index contributed by atoms with van der Waals surface area (Å²) in [4.78, 5) is 30.2. The van der Waals surface area contributed by atoms with Crippen LogP contribution in [0.4, 0.5) is 0 Å². The fourth-order valence-corrected chi connectivity index (χ4v) is 4.65. The summed E-state index contributed by atoms with van der Waals surface area (Å²) in [5.74, 6) is 0.331. The Bertz CT molecular complexity index is 537. The minimum absolute atomic E-state index is 0.0202. The maximum Gasteiger partial charge on any atom is 0.263 e. The topological polar surface area (TPSA) is 40.6 Å². The van der Waals surface area contributed by atoms with Gasteiger partial charge in [0.1, 0.15) is 0 Å². The van der Waals surface area contributed by atoms with Crippen molar-refractivity contribution in [1.29, 1.82) is 0 Å². The Balaban J connectivity index is 1.65. The monoisotopic (exact) mass is 334 g/mol. The number of piperidine rings is 1. The summed E-state index contributed by atoms with van der Waals surface area (Å²) in [6.45, 7) is 4.22. The van der Waals surface area contributed by atoms with Crippen LogP contribution in [0.1, 0.15) is 55.1 Å². The lowest BCUT2D eigenvalue weighted by atomic mass is 9.95. The molecule has 3 rings (SSSR count). The molecule has 2 fully saturated rings. The van der Waals surface area contributed by atoms with Gasteiger partial charge < -0.3 is 9.80 Å². The molecular formula is C18H26N2O2S. The molecule has 23 heavy (non-hydrogen) atoms. The van der Waals surface area contributed by atoms with Gasteiger partial charge in [-0.2, -0.15) is 0 Å². The quantitative estimate of drug-likeness (QED) is 0.847. The van der Waals surface area contributed by atoms with Crippen LogP contribution in [0.25, 0.3) is 0 Å². The summed E-state index contributed by atoms with van der Waals surface area (Å²) in [6.07, 6.45) is 6.60. The zero-order valence-electron chi connectivity index (χ0n) is 13.9. The minimum Gasteiger partial charge on any atom is -0.340 e. The van der Waals surface area contributed by atoms with Crippen LogP contribution in [0.3, 0.4) is 0 Å². The van der Waals surface area contributed by atoms with Gasteiger partial charge >= 0.3 is 0 Å². The fourth-order valence-electron chi connectivity index (χ4n) is 3.96. The molecule has 2 aliphatic rings. The van der Waals surface area contributed by atoms with Gasteiger partial charge in [0.15, 0.2) is 0 Å². The zero-order chi connectivity index (χ0) is 16.2. The third-order valence-corrected chi connectivity index (χ3v) is 6.04. The smallest absolute Gasteiger partial charge is 0.263 e. The third kappa shape index (κ3) is 3.60. The van der Waals surface area contributed by atoms with Crippen molar-refractivity contribution < 1.29 is 9.59 Å². The van der Waals surface area contributed by atoms with Gasteiger partial charge in [-0.1, -0.05) is 18.9 Å². The number of carbonyl (C=O) groups is 2. The van der Waals surface area contributed by atoms with Crippen LogP contribution in [0.15, 0.2) is 17.5 Å². The molecule has 1 unspecified atom stereocenters. The van der Waals surface area contributed by atoms with Crippen LogP contribution in [0, 0.1) is 5.92 Å². The van der Waals surface area contributed by atoms with Gasteiger partial charge in [-0.3, -0.25) is 9.59 Å². The first-order chi connectivity index (χ1) is 11.2. The molecular weight excluding hydrogens is 308 g/mol. The van der Waals surface area contributed by atoms with E-state index in [4.69, 9.17) is 0 Å². The van der Waals surface area contributed by atoms with Crippen LogP contribution in [0.5, 0.6) is 0 Å². The summed E-state index contributed by atoms with van der Waals surface area (Å²) >= 11 is 1.48. The number of likely N-dealkylation sites (tertiary alicyclic amines) is 1. The molecule has 4 nitrogen and oxygen atoms in total. The van der Waals surface area contributed by atoms with Crippen LogP contribution in [0.2, 0.25) is 0 Å². The van der Waals surface area contributed by atoms with Crippen LogP contribution < -0.4 is 0 Å². The lowest BCUT2D eigenvalue weighted by Crippen LogP contribution is -2.49. The first-order valence-corrected chi connectivity index (χ1v) is 9.72. The van der Waals surface area contributed by atoms with E-state index >= 15 is 0 Å². The van der Waals surface area contributed by atoms with Crippen molar-refractivity contribution in [3.63, 3.8) is 0 Å². The van der Waals surface area contributed by atoms with Gasteiger partial charge in [-0.05, 0) is 44.1 Å². The molecule has 1 aliphatic carbocycles. The van der Waals surface area contributed by atoms with Crippen molar-refractivity contribution in [3.05, 3.63) is 22.4 Å². The Kier molecular flexibility index (Phi) is 5.36. The minimum atomic E-state index is -0.0202. The molecule has 0 radical (unpaired) electrons. The molecule has 2 amide bonds. The van der Waals surface area contributed by atoms with Gasteiger partial charge in [-0.15, -0.1) is 11.3 Å². The first kappa shape index (κ1) is 16.5. The van der Waals surface area contributed by atoms with Gasteiger partial charge in [0, 0.05) is 25.7 Å². The van der Waals surface area contributed by atoms with Gasteiger partial charge in [0.2, 0.25) is 5.91 Å². The average Bonchev–Trinajstić information content (AvgIpc) is 3.28. The maximum atomic E-state index is 13.0. The first-order valence-electron chi connectivity index (χ1n) is 8.84. The predicted octanol–water partition coefficient (Wildman–Crippen LogP) is 3.39. The SMILES string of the molecule is CCN(C(=O)C1CCCN(C(=O)c2cccs2)C1)C1CCCC1. The zero-order valence-corrected chi connectivity index (χ0v) is 14.7. The molecule has 1 aromatic heterocycles. The van der Waals surface area contributed by atoms with E-state index in [0.29, 0.717) is 12.6 Å². The lowest BCUT2D eigenvalue weighted by molar-refractivity contribution is -0.139. The Morgan fingerprint density at radius 2 is 2.04 bits per heavy atom. The lowest BCUT2D eigenvalue weighted by Gasteiger charge is -2.36. The summed E-state index contributed by atoms with van der Waals surface area (Å²) in [5, 5.41) is 1.93. The summed E-state index contributed by atoms with van der Waals surface area (Å²) in [5.41, 5.74) is 0. The highest BCUT2D eigenvalue weighted by atomic mass is 32.1. The van der Waals surface area contributed by atoms with Crippen molar-refractivity contribution in [1.82, 2.24) is 9.80 Å². The highest BCUT2D eigenvalue weighted by molar-refractivity contribution is 7.12. The second kappa shape index (κ2) is 7.47. The normalized spacial score (nSPS) is 22.3. The highest BCUT2D eigenvalue weighted by Crippen LogP contribution is 2.27. The van der Waals surface area contributed by atoms with Crippen molar-refractivity contribution in [2.24, 2.45) is 5.92 Å². The third-order valence-electron chi connectivity index (χ3n) is 5.18. The Hall–Kier alpha value is -1.36. The molecule has 0 N–H and O–H groups in total. The molecule has 1 aliphatic heterocycles. The van der Waals surface area contributed by atoms with E-state index in [9.17, 15) is 9.59 Å². The summed E-state index contributed by atoms with van der Waals surface area (Å²) in [6, 6.07) is 4.20. The summed E-state index contributed by atoms with van der Waals surface area (Å²) < 4.78 is 0. The largest absolute Gasteiger partial charge is 0.340 e. The summed E-state index contributed by atoms with van der Waals surface area (Å²) in [7, 11) is 0. The van der Waals surface area contributed by atoms with Crippen LogP contribution in [-0.4, -0.2) is 47.3 Å². The van der Waals surface area contributed by atoms with Crippen molar-refractivity contribution >= 4 is 23.2 Å². The molecule has 0 spiro atoms. The van der Waals surface area contributed by atoms with E-state index in [1.54, 1.807) is 0 Å². The number of amides is 2. The second-order valence-electron chi connectivity index (χ2n) is 6.63. The second-order valence-corrected chi connectivity index (χ2v) is 7.58. The molecule has 0 bridgehead atoms. The molecule has 2 heterocycles. The number of hydrogen-bond donors (Lipinski definition) is 0. The van der Waals surface area contributed by atoms with Gasteiger partial charge in [-0.25, -0.2) is 0 Å². The number of nitrogens with zero attached hydrogens (tertiary/aromatic N) is 2. The Labute approximate surface area is 142 Å². The number of hydrogen-bond acceptors (Lipinski definition) is 3. The maximum absolute atomic E-state index is 13.0. The fraction of sp³-hybridized carbons (Fsp3) is 0.667. The van der Waals surface area contributed by atoms with Gasteiger partial charge in [0.25, 0.3) is 5.91 Å². The standard InChI is InChI=1S/C18H26N2O2S/c1-2-20(15-8-3-4-9-15)17(21)14-7-5-11-19(13-14)18(22)16-10-6-12-23-16/h6,10,12,14-15H,2-5,7-9,11,13H2,1H3. The van der Waals surface area contributed by atoms with E-state index in [2.05, 4.69) is 11.8 Å². The molecule has 1 saturated carbocycles. The van der Waals surface area contributed by atoms with E-state index < -0.39 is 0 Å². The van der Waals surface area contributed by atoms with Crippen molar-refractivity contribution in [2.45, 2.75) is 51.5 Å². The van der Waals surface area contributed by atoms with Crippen LogP contribution in [-0.2, 0) is 4.79 Å². The molecule has 0 aromatic carbocycles. The van der Waals surface area contributed by atoms with E-state index in [0.717, 1.165) is 43.6 Å². The highest BCUT2D eigenvalue weighted by Gasteiger charge is 2.34. The molecule has 1 atom stereocenters. The number of rotatable bonds is 4. The molecule has 1 aromatic rings. The van der Waals surface area contributed by atoms with E-state index in [1.165, 1.54) is 24.2 Å². The molecule has 5 heteroatoms. The van der Waals surface area contributed by atoms with Crippen molar-refractivity contribution in [3.8, 4) is 0 Å². The Morgan fingerprint density at radius 1 is 1.26 bits per heavy atom.